The first-order valence-electron chi connectivity index (χ1n) is 5.89. The highest BCUT2D eigenvalue weighted by atomic mass is 19.4. The van der Waals surface area contributed by atoms with Gasteiger partial charge < -0.3 is 5.32 Å². The third kappa shape index (κ3) is 2.76. The van der Waals surface area contributed by atoms with Crippen molar-refractivity contribution >= 4 is 5.69 Å². The maximum absolute atomic E-state index is 13.5. The van der Waals surface area contributed by atoms with Crippen LogP contribution >= 0.6 is 0 Å². The van der Waals surface area contributed by atoms with Gasteiger partial charge in [0, 0.05) is 5.69 Å². The molecule has 1 nitrogen and oxygen atoms in total. The highest BCUT2D eigenvalue weighted by Crippen LogP contribution is 2.41. The van der Waals surface area contributed by atoms with Crippen LogP contribution in [0.4, 0.5) is 23.2 Å². The zero-order chi connectivity index (χ0) is 13.5. The lowest BCUT2D eigenvalue weighted by Crippen LogP contribution is -2.38. The average Bonchev–Trinajstić information content (AvgIpc) is 3.04. The molecule has 0 aromatic heterocycles. The molecular formula is C13H15F4N. The number of aryl methyl sites for hydroxylation is 1. The first kappa shape index (κ1) is 13.2. The summed E-state index contributed by atoms with van der Waals surface area (Å²) < 4.78 is 51.9. The Bertz CT molecular complexity index is 426. The normalized spacial score (nSPS) is 17.7. The minimum atomic E-state index is -4.30. The summed E-state index contributed by atoms with van der Waals surface area (Å²) in [5.41, 5.74) is 1.31. The second kappa shape index (κ2) is 4.44. The van der Waals surface area contributed by atoms with Gasteiger partial charge in [-0.3, -0.25) is 0 Å². The van der Waals surface area contributed by atoms with Gasteiger partial charge in [-0.2, -0.15) is 13.2 Å². The van der Waals surface area contributed by atoms with Crippen molar-refractivity contribution in [3.63, 3.8) is 0 Å². The van der Waals surface area contributed by atoms with Gasteiger partial charge in [0.05, 0.1) is 0 Å². The maximum atomic E-state index is 13.5. The first-order valence-corrected chi connectivity index (χ1v) is 5.89. The van der Waals surface area contributed by atoms with Crippen LogP contribution in [0.25, 0.3) is 0 Å². The van der Waals surface area contributed by atoms with Crippen molar-refractivity contribution in [3.8, 4) is 0 Å². The summed E-state index contributed by atoms with van der Waals surface area (Å²) in [5, 5.41) is 2.42. The molecule has 1 saturated carbocycles. The van der Waals surface area contributed by atoms with Crippen molar-refractivity contribution in [1.29, 1.82) is 0 Å². The van der Waals surface area contributed by atoms with Gasteiger partial charge in [0.2, 0.25) is 0 Å². The lowest BCUT2D eigenvalue weighted by Gasteiger charge is -2.23. The van der Waals surface area contributed by atoms with E-state index >= 15 is 0 Å². The summed E-state index contributed by atoms with van der Waals surface area (Å²) in [5.74, 6) is -0.858. The van der Waals surface area contributed by atoms with Crippen LogP contribution < -0.4 is 5.32 Å². The number of alkyl halides is 3. The zero-order valence-electron chi connectivity index (χ0n) is 10.2. The summed E-state index contributed by atoms with van der Waals surface area (Å²) in [6.45, 7) is 3.29. The Balaban J connectivity index is 2.22. The molecule has 1 aliphatic carbocycles. The van der Waals surface area contributed by atoms with Crippen molar-refractivity contribution in [2.45, 2.75) is 38.9 Å². The minimum Gasteiger partial charge on any atom is -0.374 e. The smallest absolute Gasteiger partial charge is 0.374 e. The molecule has 1 aromatic carbocycles. The quantitative estimate of drug-likeness (QED) is 0.804. The van der Waals surface area contributed by atoms with Gasteiger partial charge in [0.15, 0.2) is 0 Å². The number of benzene rings is 1. The molecule has 0 saturated heterocycles. The Kier molecular flexibility index (Phi) is 3.25. The Hall–Kier alpha value is -1.26. The van der Waals surface area contributed by atoms with Gasteiger partial charge in [-0.05, 0) is 55.9 Å². The van der Waals surface area contributed by atoms with Crippen LogP contribution in [-0.4, -0.2) is 12.2 Å². The Morgan fingerprint density at radius 1 is 1.22 bits per heavy atom. The summed E-state index contributed by atoms with van der Waals surface area (Å²) in [6, 6.07) is 1.11. The fraction of sp³-hybridized carbons (Fsp3) is 0.538. The maximum Gasteiger partial charge on any atom is 0.408 e. The fourth-order valence-electron chi connectivity index (χ4n) is 1.98. The highest BCUT2D eigenvalue weighted by molar-refractivity contribution is 5.50. The summed E-state index contributed by atoms with van der Waals surface area (Å²) in [6.07, 6.45) is -3.15. The van der Waals surface area contributed by atoms with E-state index < -0.39 is 18.0 Å². The third-order valence-corrected chi connectivity index (χ3v) is 3.37. The average molecular weight is 261 g/mol. The summed E-state index contributed by atoms with van der Waals surface area (Å²) >= 11 is 0. The summed E-state index contributed by atoms with van der Waals surface area (Å²) in [4.78, 5) is 0. The molecule has 0 spiro atoms. The van der Waals surface area contributed by atoms with Crippen LogP contribution in [0, 0.1) is 25.6 Å². The van der Waals surface area contributed by atoms with E-state index in [1.165, 1.54) is 0 Å². The van der Waals surface area contributed by atoms with Crippen LogP contribution in [0.5, 0.6) is 0 Å². The van der Waals surface area contributed by atoms with Crippen LogP contribution in [-0.2, 0) is 0 Å². The van der Waals surface area contributed by atoms with Crippen molar-refractivity contribution < 1.29 is 17.6 Å². The molecule has 0 radical (unpaired) electrons. The molecule has 100 valence electrons. The lowest BCUT2D eigenvalue weighted by atomic mass is 10.1. The van der Waals surface area contributed by atoms with E-state index in [0.29, 0.717) is 24.0 Å². The van der Waals surface area contributed by atoms with E-state index in [9.17, 15) is 17.6 Å². The number of hydrogen-bond donors (Lipinski definition) is 1. The molecule has 1 N–H and O–H groups in total. The molecule has 1 fully saturated rings. The molecule has 1 atom stereocenters. The molecule has 2 rings (SSSR count). The standard InChI is InChI=1S/C13H15F4N/c1-7-5-10(6-11(14)8(7)2)18-12(9-3-4-9)13(15,16)17/h5-6,9,12,18H,3-4H2,1-2H3. The Morgan fingerprint density at radius 2 is 1.83 bits per heavy atom. The second-order valence-corrected chi connectivity index (χ2v) is 4.90. The van der Waals surface area contributed by atoms with Gasteiger partial charge in [-0.25, -0.2) is 4.39 Å². The van der Waals surface area contributed by atoms with E-state index in [2.05, 4.69) is 5.32 Å². The molecule has 1 aromatic rings. The lowest BCUT2D eigenvalue weighted by molar-refractivity contribution is -0.146. The Labute approximate surface area is 103 Å². The molecule has 0 heterocycles. The summed E-state index contributed by atoms with van der Waals surface area (Å²) in [7, 11) is 0. The number of halogens is 4. The van der Waals surface area contributed by atoms with Gasteiger partial charge in [0.25, 0.3) is 0 Å². The van der Waals surface area contributed by atoms with E-state index in [1.807, 2.05) is 0 Å². The molecule has 1 aliphatic rings. The SMILES string of the molecule is Cc1cc(NC(C2CC2)C(F)(F)F)cc(F)c1C. The van der Waals surface area contributed by atoms with Crippen LogP contribution in [0.3, 0.4) is 0 Å². The van der Waals surface area contributed by atoms with Crippen molar-refractivity contribution in [1.82, 2.24) is 0 Å². The van der Waals surface area contributed by atoms with E-state index in [1.54, 1.807) is 19.9 Å². The topological polar surface area (TPSA) is 12.0 Å². The van der Waals surface area contributed by atoms with Gasteiger partial charge >= 0.3 is 6.18 Å². The van der Waals surface area contributed by atoms with Crippen molar-refractivity contribution in [2.24, 2.45) is 5.92 Å². The van der Waals surface area contributed by atoms with Crippen molar-refractivity contribution in [3.05, 3.63) is 29.1 Å². The van der Waals surface area contributed by atoms with E-state index in [4.69, 9.17) is 0 Å². The zero-order valence-corrected chi connectivity index (χ0v) is 10.2. The van der Waals surface area contributed by atoms with Crippen LogP contribution in [0.1, 0.15) is 24.0 Å². The number of anilines is 1. The largest absolute Gasteiger partial charge is 0.408 e. The molecule has 18 heavy (non-hydrogen) atoms. The fourth-order valence-corrected chi connectivity index (χ4v) is 1.98. The number of hydrogen-bond acceptors (Lipinski definition) is 1. The predicted octanol–water partition coefficient (Wildman–Crippen LogP) is 4.20. The van der Waals surface area contributed by atoms with Crippen LogP contribution in [0.2, 0.25) is 0 Å². The molecule has 1 unspecified atom stereocenters. The van der Waals surface area contributed by atoms with Gasteiger partial charge in [0.1, 0.15) is 11.9 Å². The number of rotatable bonds is 3. The van der Waals surface area contributed by atoms with Gasteiger partial charge in [-0.1, -0.05) is 0 Å². The molecule has 0 amide bonds. The van der Waals surface area contributed by atoms with Gasteiger partial charge in [-0.15, -0.1) is 0 Å². The second-order valence-electron chi connectivity index (χ2n) is 4.90. The molecule has 0 bridgehead atoms. The first-order chi connectivity index (χ1) is 8.29. The third-order valence-electron chi connectivity index (χ3n) is 3.37. The van der Waals surface area contributed by atoms with E-state index in [-0.39, 0.29) is 11.6 Å². The predicted molar refractivity (Wildman–Crippen MR) is 62.1 cm³/mol. The highest BCUT2D eigenvalue weighted by Gasteiger charge is 2.48. The van der Waals surface area contributed by atoms with Crippen molar-refractivity contribution in [2.75, 3.05) is 5.32 Å². The van der Waals surface area contributed by atoms with Crippen LogP contribution in [0.15, 0.2) is 12.1 Å². The molecule has 5 heteroatoms. The number of nitrogens with one attached hydrogen (secondary N) is 1. The van der Waals surface area contributed by atoms with E-state index in [0.717, 1.165) is 6.07 Å². The Morgan fingerprint density at radius 3 is 2.28 bits per heavy atom. The molecule has 0 aliphatic heterocycles. The monoisotopic (exact) mass is 261 g/mol. The minimum absolute atomic E-state index is 0.199. The molecular weight excluding hydrogens is 246 g/mol.